The van der Waals surface area contributed by atoms with Crippen molar-refractivity contribution in [1.29, 1.82) is 0 Å². The summed E-state index contributed by atoms with van der Waals surface area (Å²) in [6.45, 7) is 10.4. The Balaban J connectivity index is 4.05. The molecule has 19 heavy (non-hydrogen) atoms. The predicted molar refractivity (Wildman–Crippen MR) is 82.9 cm³/mol. The molecule has 2 N–H and O–H groups in total. The van der Waals surface area contributed by atoms with E-state index in [2.05, 4.69) is 17.0 Å². The van der Waals surface area contributed by atoms with E-state index in [-0.39, 0.29) is 6.04 Å². The Labute approximate surface area is 119 Å². The van der Waals surface area contributed by atoms with Gasteiger partial charge in [-0.15, -0.1) is 0 Å². The first kappa shape index (κ1) is 18.9. The van der Waals surface area contributed by atoms with Gasteiger partial charge in [-0.05, 0) is 20.3 Å². The molecule has 0 aromatic heterocycles. The van der Waals surface area contributed by atoms with Crippen LogP contribution in [0.3, 0.4) is 0 Å². The molecule has 116 valence electrons. The first-order chi connectivity index (χ1) is 8.79. The minimum Gasteiger partial charge on any atom is -0.313 e. The van der Waals surface area contributed by atoms with Crippen LogP contribution in [0, 0.1) is 0 Å². The fourth-order valence-corrected chi connectivity index (χ4v) is 3.07. The van der Waals surface area contributed by atoms with Crippen LogP contribution in [0.1, 0.15) is 66.7 Å². The molecule has 2 atom stereocenters. The first-order valence-corrected chi connectivity index (χ1v) is 9.08. The Kier molecular flexibility index (Phi) is 9.66. The Bertz CT molecular complexity index is 315. The van der Waals surface area contributed by atoms with Crippen molar-refractivity contribution < 1.29 is 8.42 Å². The summed E-state index contributed by atoms with van der Waals surface area (Å²) >= 11 is 0. The van der Waals surface area contributed by atoms with E-state index in [4.69, 9.17) is 0 Å². The predicted octanol–water partition coefficient (Wildman–Crippen LogP) is 2.65. The molecular weight excluding hydrogens is 260 g/mol. The summed E-state index contributed by atoms with van der Waals surface area (Å²) in [6, 6.07) is 0.340. The van der Waals surface area contributed by atoms with Gasteiger partial charge in [-0.2, -0.15) is 0 Å². The second-order valence-electron chi connectivity index (χ2n) is 5.79. The van der Waals surface area contributed by atoms with E-state index >= 15 is 0 Å². The molecule has 0 bridgehead atoms. The summed E-state index contributed by atoms with van der Waals surface area (Å²) in [6.07, 6.45) is 5.64. The van der Waals surface area contributed by atoms with Gasteiger partial charge in [0.2, 0.25) is 10.0 Å². The molecule has 4 nitrogen and oxygen atoms in total. The van der Waals surface area contributed by atoms with E-state index in [1.807, 2.05) is 20.8 Å². The van der Waals surface area contributed by atoms with Gasteiger partial charge in [-0.1, -0.05) is 46.5 Å². The maximum absolute atomic E-state index is 12.1. The highest BCUT2D eigenvalue weighted by atomic mass is 32.2. The lowest BCUT2D eigenvalue weighted by molar-refractivity contribution is 0.506. The van der Waals surface area contributed by atoms with Crippen molar-refractivity contribution in [2.24, 2.45) is 0 Å². The number of hydrogen-bond acceptors (Lipinski definition) is 3. The van der Waals surface area contributed by atoms with Gasteiger partial charge in [0, 0.05) is 18.6 Å². The van der Waals surface area contributed by atoms with Crippen molar-refractivity contribution in [3.05, 3.63) is 0 Å². The summed E-state index contributed by atoms with van der Waals surface area (Å²) < 4.78 is 27.0. The quantitative estimate of drug-likeness (QED) is 0.576. The largest absolute Gasteiger partial charge is 0.313 e. The van der Waals surface area contributed by atoms with Crippen LogP contribution < -0.4 is 10.0 Å². The third-order valence-corrected chi connectivity index (χ3v) is 5.16. The molecule has 0 aliphatic rings. The van der Waals surface area contributed by atoms with Crippen LogP contribution in [0.15, 0.2) is 0 Å². The average molecular weight is 292 g/mol. The van der Waals surface area contributed by atoms with E-state index in [9.17, 15) is 8.42 Å². The lowest BCUT2D eigenvalue weighted by Gasteiger charge is -2.19. The molecule has 0 aromatic rings. The van der Waals surface area contributed by atoms with Gasteiger partial charge in [0.1, 0.15) is 0 Å². The van der Waals surface area contributed by atoms with Gasteiger partial charge >= 0.3 is 0 Å². The zero-order chi connectivity index (χ0) is 14.9. The third-order valence-electron chi connectivity index (χ3n) is 3.20. The summed E-state index contributed by atoms with van der Waals surface area (Å²) in [4.78, 5) is 0. The molecule has 0 fully saturated rings. The SMILES string of the molecule is CCCCCCC(C)NS(=O)(=O)C(C)CNC(C)C. The highest BCUT2D eigenvalue weighted by molar-refractivity contribution is 7.90. The van der Waals surface area contributed by atoms with Crippen LogP contribution in [-0.4, -0.2) is 32.3 Å². The molecule has 0 heterocycles. The van der Waals surface area contributed by atoms with Gasteiger partial charge in [0.25, 0.3) is 0 Å². The van der Waals surface area contributed by atoms with Crippen molar-refractivity contribution in [3.8, 4) is 0 Å². The van der Waals surface area contributed by atoms with Gasteiger partial charge < -0.3 is 5.32 Å². The van der Waals surface area contributed by atoms with Crippen molar-refractivity contribution in [2.45, 2.75) is 84.1 Å². The second-order valence-corrected chi connectivity index (χ2v) is 7.92. The molecule has 0 aromatic carbocycles. The molecule has 0 aliphatic carbocycles. The zero-order valence-electron chi connectivity index (χ0n) is 13.2. The third kappa shape index (κ3) is 9.41. The molecule has 0 radical (unpaired) electrons. The Hall–Kier alpha value is -0.130. The maximum atomic E-state index is 12.1. The number of unbranched alkanes of at least 4 members (excludes halogenated alkanes) is 3. The minimum atomic E-state index is -3.21. The summed E-state index contributed by atoms with van der Waals surface area (Å²) in [7, 11) is -3.21. The van der Waals surface area contributed by atoms with Crippen LogP contribution in [-0.2, 0) is 10.0 Å². The van der Waals surface area contributed by atoms with Gasteiger partial charge in [-0.3, -0.25) is 0 Å². The molecule has 0 saturated carbocycles. The summed E-state index contributed by atoms with van der Waals surface area (Å²) in [5.74, 6) is 0. The first-order valence-electron chi connectivity index (χ1n) is 7.54. The van der Waals surface area contributed by atoms with E-state index in [0.29, 0.717) is 12.6 Å². The lowest BCUT2D eigenvalue weighted by atomic mass is 10.1. The smallest absolute Gasteiger partial charge is 0.215 e. The fraction of sp³-hybridized carbons (Fsp3) is 1.00. The lowest BCUT2D eigenvalue weighted by Crippen LogP contribution is -2.43. The van der Waals surface area contributed by atoms with Crippen molar-refractivity contribution in [1.82, 2.24) is 10.0 Å². The zero-order valence-corrected chi connectivity index (χ0v) is 14.0. The summed E-state index contributed by atoms with van der Waals surface area (Å²) in [5, 5.41) is 2.77. The molecule has 0 rings (SSSR count). The molecule has 0 spiro atoms. The Morgan fingerprint density at radius 1 is 1.00 bits per heavy atom. The van der Waals surface area contributed by atoms with E-state index in [1.54, 1.807) is 6.92 Å². The van der Waals surface area contributed by atoms with Crippen LogP contribution in [0.4, 0.5) is 0 Å². The van der Waals surface area contributed by atoms with Crippen LogP contribution >= 0.6 is 0 Å². The number of rotatable bonds is 11. The molecule has 2 unspecified atom stereocenters. The number of sulfonamides is 1. The standard InChI is InChI=1S/C14H32N2O2S/c1-6-7-8-9-10-13(4)16-19(17,18)14(5)11-15-12(2)3/h12-16H,6-11H2,1-5H3. The summed E-state index contributed by atoms with van der Waals surface area (Å²) in [5.41, 5.74) is 0. The van der Waals surface area contributed by atoms with E-state index in [1.165, 1.54) is 19.3 Å². The molecule has 0 amide bonds. The normalized spacial score (nSPS) is 15.7. The highest BCUT2D eigenvalue weighted by Gasteiger charge is 2.22. The van der Waals surface area contributed by atoms with Crippen molar-refractivity contribution in [3.63, 3.8) is 0 Å². The highest BCUT2D eigenvalue weighted by Crippen LogP contribution is 2.07. The fourth-order valence-electron chi connectivity index (χ4n) is 1.84. The molecular formula is C14H32N2O2S. The van der Waals surface area contributed by atoms with Crippen LogP contribution in [0.25, 0.3) is 0 Å². The van der Waals surface area contributed by atoms with E-state index in [0.717, 1.165) is 12.8 Å². The van der Waals surface area contributed by atoms with E-state index < -0.39 is 15.3 Å². The van der Waals surface area contributed by atoms with Gasteiger partial charge in [-0.25, -0.2) is 13.1 Å². The topological polar surface area (TPSA) is 58.2 Å². The number of hydrogen-bond donors (Lipinski definition) is 2. The van der Waals surface area contributed by atoms with Crippen LogP contribution in [0.2, 0.25) is 0 Å². The van der Waals surface area contributed by atoms with Gasteiger partial charge in [0.05, 0.1) is 5.25 Å². The van der Waals surface area contributed by atoms with Gasteiger partial charge in [0.15, 0.2) is 0 Å². The Morgan fingerprint density at radius 3 is 2.16 bits per heavy atom. The monoisotopic (exact) mass is 292 g/mol. The van der Waals surface area contributed by atoms with Crippen LogP contribution in [0.5, 0.6) is 0 Å². The second kappa shape index (κ2) is 9.72. The molecule has 5 heteroatoms. The maximum Gasteiger partial charge on any atom is 0.215 e. The average Bonchev–Trinajstić information content (AvgIpc) is 2.30. The molecule has 0 aliphatic heterocycles. The van der Waals surface area contributed by atoms with Crippen molar-refractivity contribution in [2.75, 3.05) is 6.54 Å². The molecule has 0 saturated heterocycles. The van der Waals surface area contributed by atoms with Crippen molar-refractivity contribution >= 4 is 10.0 Å². The Morgan fingerprint density at radius 2 is 1.63 bits per heavy atom. The number of nitrogens with one attached hydrogen (secondary N) is 2. The minimum absolute atomic E-state index is 0.0309.